The molecule has 4 heteroatoms. The van der Waals surface area contributed by atoms with E-state index in [0.717, 1.165) is 6.42 Å². The average molecular weight is 189 g/mol. The molecule has 13 heavy (non-hydrogen) atoms. The van der Waals surface area contributed by atoms with Gasteiger partial charge in [-0.05, 0) is 13.3 Å². The van der Waals surface area contributed by atoms with Crippen molar-refractivity contribution in [2.24, 2.45) is 0 Å². The summed E-state index contributed by atoms with van der Waals surface area (Å²) in [5.41, 5.74) is 0. The van der Waals surface area contributed by atoms with E-state index >= 15 is 0 Å². The number of amides is 1. The molecule has 78 valence electrons. The smallest absolute Gasteiger partial charge is 0.222 e. The molecule has 1 N–H and O–H groups in total. The van der Waals surface area contributed by atoms with Crippen LogP contribution in [0, 0.1) is 0 Å². The number of hydrogen-bond acceptors (Lipinski definition) is 3. The van der Waals surface area contributed by atoms with E-state index in [0.29, 0.717) is 26.1 Å². The molecule has 0 aliphatic carbocycles. The van der Waals surface area contributed by atoms with E-state index in [1.807, 2.05) is 6.92 Å². The highest BCUT2D eigenvalue weighted by Crippen LogP contribution is 1.97. The van der Waals surface area contributed by atoms with Crippen LogP contribution in [0.3, 0.4) is 0 Å². The van der Waals surface area contributed by atoms with Gasteiger partial charge >= 0.3 is 0 Å². The molecular formula is C9H19NO3. The number of carbonyl (C=O) groups is 1. The Morgan fingerprint density at radius 1 is 1.54 bits per heavy atom. The van der Waals surface area contributed by atoms with Gasteiger partial charge in [-0.15, -0.1) is 0 Å². The maximum absolute atomic E-state index is 11.4. The Labute approximate surface area is 79.5 Å². The predicted molar refractivity (Wildman–Crippen MR) is 50.4 cm³/mol. The van der Waals surface area contributed by atoms with Crippen LogP contribution in [0.5, 0.6) is 0 Å². The molecule has 0 bridgehead atoms. The van der Waals surface area contributed by atoms with Crippen LogP contribution in [-0.2, 0) is 9.53 Å². The van der Waals surface area contributed by atoms with Crippen molar-refractivity contribution in [3.63, 3.8) is 0 Å². The Kier molecular flexibility index (Phi) is 7.63. The maximum Gasteiger partial charge on any atom is 0.222 e. The fourth-order valence-corrected chi connectivity index (χ4v) is 1.11. The lowest BCUT2D eigenvalue weighted by Crippen LogP contribution is -2.33. The summed E-state index contributed by atoms with van der Waals surface area (Å²) in [6.07, 6.45) is 1.25. The quantitative estimate of drug-likeness (QED) is 0.584. The zero-order chi connectivity index (χ0) is 10.1. The molecule has 0 aromatic rings. The van der Waals surface area contributed by atoms with Gasteiger partial charge in [-0.25, -0.2) is 0 Å². The van der Waals surface area contributed by atoms with Crippen molar-refractivity contribution in [1.82, 2.24) is 4.90 Å². The van der Waals surface area contributed by atoms with E-state index in [1.165, 1.54) is 0 Å². The third-order valence-electron chi connectivity index (χ3n) is 1.84. The van der Waals surface area contributed by atoms with Gasteiger partial charge in [0.15, 0.2) is 0 Å². The van der Waals surface area contributed by atoms with Crippen molar-refractivity contribution in [3.8, 4) is 0 Å². The van der Waals surface area contributed by atoms with Crippen molar-refractivity contribution >= 4 is 5.91 Å². The van der Waals surface area contributed by atoms with Crippen LogP contribution < -0.4 is 0 Å². The Morgan fingerprint density at radius 2 is 2.23 bits per heavy atom. The summed E-state index contributed by atoms with van der Waals surface area (Å²) in [5.74, 6) is 0.0913. The third-order valence-corrected chi connectivity index (χ3v) is 1.84. The number of hydrogen-bond donors (Lipinski definition) is 1. The highest BCUT2D eigenvalue weighted by Gasteiger charge is 2.09. The van der Waals surface area contributed by atoms with Crippen molar-refractivity contribution < 1.29 is 14.6 Å². The molecule has 0 saturated carbocycles. The topological polar surface area (TPSA) is 49.8 Å². The van der Waals surface area contributed by atoms with Crippen LogP contribution in [0.2, 0.25) is 0 Å². The minimum Gasteiger partial charge on any atom is -0.395 e. The SMILES string of the molecule is CCN(CCO)C(=O)CCCOC. The third kappa shape index (κ3) is 5.60. The van der Waals surface area contributed by atoms with Gasteiger partial charge in [0, 0.05) is 33.2 Å². The van der Waals surface area contributed by atoms with Crippen LogP contribution in [0.15, 0.2) is 0 Å². The maximum atomic E-state index is 11.4. The highest BCUT2D eigenvalue weighted by molar-refractivity contribution is 5.76. The molecule has 0 spiro atoms. The second-order valence-electron chi connectivity index (χ2n) is 2.79. The van der Waals surface area contributed by atoms with Gasteiger partial charge < -0.3 is 14.7 Å². The summed E-state index contributed by atoms with van der Waals surface area (Å²) >= 11 is 0. The Morgan fingerprint density at radius 3 is 2.69 bits per heavy atom. The summed E-state index contributed by atoms with van der Waals surface area (Å²) in [6.45, 7) is 3.64. The number of nitrogens with zero attached hydrogens (tertiary/aromatic N) is 1. The molecular weight excluding hydrogens is 170 g/mol. The number of aliphatic hydroxyl groups is 1. The highest BCUT2D eigenvalue weighted by atomic mass is 16.5. The number of likely N-dealkylation sites (N-methyl/N-ethyl adjacent to an activating group) is 1. The monoisotopic (exact) mass is 189 g/mol. The van der Waals surface area contributed by atoms with Crippen LogP contribution in [-0.4, -0.2) is 49.3 Å². The molecule has 4 nitrogen and oxygen atoms in total. The number of ether oxygens (including phenoxy) is 1. The van der Waals surface area contributed by atoms with Gasteiger partial charge in [0.2, 0.25) is 5.91 Å². The summed E-state index contributed by atoms with van der Waals surface area (Å²) < 4.78 is 4.85. The van der Waals surface area contributed by atoms with Gasteiger partial charge in [0.1, 0.15) is 0 Å². The average Bonchev–Trinajstić information content (AvgIpc) is 2.14. The van der Waals surface area contributed by atoms with Crippen LogP contribution >= 0.6 is 0 Å². The van der Waals surface area contributed by atoms with E-state index in [1.54, 1.807) is 12.0 Å². The summed E-state index contributed by atoms with van der Waals surface area (Å²) in [7, 11) is 1.62. The van der Waals surface area contributed by atoms with Gasteiger partial charge in [0.05, 0.1) is 6.61 Å². The number of carbonyl (C=O) groups excluding carboxylic acids is 1. The van der Waals surface area contributed by atoms with Gasteiger partial charge in [-0.1, -0.05) is 0 Å². The van der Waals surface area contributed by atoms with Crippen LogP contribution in [0.25, 0.3) is 0 Å². The molecule has 0 heterocycles. The zero-order valence-corrected chi connectivity index (χ0v) is 8.45. The van der Waals surface area contributed by atoms with E-state index in [9.17, 15) is 4.79 Å². The largest absolute Gasteiger partial charge is 0.395 e. The fourth-order valence-electron chi connectivity index (χ4n) is 1.11. The minimum absolute atomic E-state index is 0.0316. The molecule has 0 aromatic carbocycles. The Balaban J connectivity index is 3.64. The van der Waals surface area contributed by atoms with E-state index in [2.05, 4.69) is 0 Å². The Hall–Kier alpha value is -0.610. The zero-order valence-electron chi connectivity index (χ0n) is 8.45. The molecule has 0 rings (SSSR count). The van der Waals surface area contributed by atoms with E-state index in [4.69, 9.17) is 9.84 Å². The van der Waals surface area contributed by atoms with Crippen LogP contribution in [0.1, 0.15) is 19.8 Å². The molecule has 0 fully saturated rings. The lowest BCUT2D eigenvalue weighted by molar-refractivity contribution is -0.131. The molecule has 0 aromatic heterocycles. The van der Waals surface area contributed by atoms with Gasteiger partial charge in [-0.2, -0.15) is 0 Å². The standard InChI is InChI=1S/C9H19NO3/c1-3-10(6-7-11)9(12)5-4-8-13-2/h11H,3-8H2,1-2H3. The summed E-state index contributed by atoms with van der Waals surface area (Å²) in [6, 6.07) is 0. The molecule has 0 saturated heterocycles. The van der Waals surface area contributed by atoms with Crippen molar-refractivity contribution in [2.75, 3.05) is 33.4 Å². The molecule has 0 atom stereocenters. The number of aliphatic hydroxyl groups excluding tert-OH is 1. The predicted octanol–water partition coefficient (Wildman–Crippen LogP) is 0.254. The van der Waals surface area contributed by atoms with Gasteiger partial charge in [0.25, 0.3) is 0 Å². The van der Waals surface area contributed by atoms with Crippen molar-refractivity contribution in [3.05, 3.63) is 0 Å². The first-order valence-electron chi connectivity index (χ1n) is 4.63. The van der Waals surface area contributed by atoms with E-state index in [-0.39, 0.29) is 12.5 Å². The molecule has 0 unspecified atom stereocenters. The first-order valence-corrected chi connectivity index (χ1v) is 4.63. The first-order chi connectivity index (χ1) is 6.26. The van der Waals surface area contributed by atoms with Crippen molar-refractivity contribution in [1.29, 1.82) is 0 Å². The van der Waals surface area contributed by atoms with Crippen LogP contribution in [0.4, 0.5) is 0 Å². The summed E-state index contributed by atoms with van der Waals surface area (Å²) in [4.78, 5) is 13.0. The summed E-state index contributed by atoms with van der Waals surface area (Å²) in [5, 5.41) is 8.67. The molecule has 0 aliphatic rings. The molecule has 0 radical (unpaired) electrons. The normalized spacial score (nSPS) is 10.1. The number of methoxy groups -OCH3 is 1. The first kappa shape index (κ1) is 12.4. The van der Waals surface area contributed by atoms with Gasteiger partial charge in [-0.3, -0.25) is 4.79 Å². The van der Waals surface area contributed by atoms with Crippen molar-refractivity contribution in [2.45, 2.75) is 19.8 Å². The minimum atomic E-state index is 0.0316. The lowest BCUT2D eigenvalue weighted by Gasteiger charge is -2.19. The second-order valence-corrected chi connectivity index (χ2v) is 2.79. The van der Waals surface area contributed by atoms with E-state index < -0.39 is 0 Å². The molecule has 0 aliphatic heterocycles. The number of rotatable bonds is 7. The molecule has 1 amide bonds. The Bertz CT molecular complexity index is 139. The second kappa shape index (κ2) is 8.01. The fraction of sp³-hybridized carbons (Fsp3) is 0.889. The lowest BCUT2D eigenvalue weighted by atomic mass is 10.3.